The van der Waals surface area contributed by atoms with Crippen molar-refractivity contribution in [1.29, 1.82) is 0 Å². The number of aryl methyl sites for hydroxylation is 1. The first-order valence-corrected chi connectivity index (χ1v) is 6.84. The van der Waals surface area contributed by atoms with Crippen molar-refractivity contribution in [2.24, 2.45) is 5.41 Å². The summed E-state index contributed by atoms with van der Waals surface area (Å²) in [5.41, 5.74) is 2.72. The van der Waals surface area contributed by atoms with Crippen LogP contribution in [0.1, 0.15) is 31.9 Å². The molecule has 0 heteroatoms. The molecule has 0 saturated carbocycles. The molecule has 1 aromatic carbocycles. The third-order valence-electron chi connectivity index (χ3n) is 3.38. The molecule has 0 fully saturated rings. The van der Waals surface area contributed by atoms with E-state index in [-0.39, 0.29) is 5.41 Å². The SMILES string of the molecule is CC=CC=Cc1cc2c(cc1C)=CC=CC(C)(C)C=2. The third kappa shape index (κ3) is 3.35. The second kappa shape index (κ2) is 5.44. The van der Waals surface area contributed by atoms with E-state index in [4.69, 9.17) is 0 Å². The average molecular weight is 250 g/mol. The van der Waals surface area contributed by atoms with Gasteiger partial charge in [0, 0.05) is 5.41 Å². The molecule has 0 aliphatic heterocycles. The van der Waals surface area contributed by atoms with Gasteiger partial charge in [-0.25, -0.2) is 0 Å². The molecule has 0 heterocycles. The highest BCUT2D eigenvalue weighted by molar-refractivity contribution is 5.58. The van der Waals surface area contributed by atoms with Crippen LogP contribution in [0.3, 0.4) is 0 Å². The molecule has 0 bridgehead atoms. The van der Waals surface area contributed by atoms with Crippen molar-refractivity contribution in [3.05, 3.63) is 64.1 Å². The topological polar surface area (TPSA) is 0 Å². The average Bonchev–Trinajstić information content (AvgIpc) is 2.47. The molecule has 1 aromatic rings. The Morgan fingerprint density at radius 1 is 1.05 bits per heavy atom. The minimum absolute atomic E-state index is 0.112. The van der Waals surface area contributed by atoms with Crippen LogP contribution in [-0.4, -0.2) is 0 Å². The maximum atomic E-state index is 2.34. The zero-order valence-corrected chi connectivity index (χ0v) is 12.3. The van der Waals surface area contributed by atoms with E-state index in [9.17, 15) is 0 Å². The first-order chi connectivity index (χ1) is 9.02. The van der Waals surface area contributed by atoms with Crippen molar-refractivity contribution < 1.29 is 0 Å². The molecule has 0 unspecified atom stereocenters. The van der Waals surface area contributed by atoms with Gasteiger partial charge in [0.1, 0.15) is 0 Å². The number of benzene rings is 1. The van der Waals surface area contributed by atoms with Gasteiger partial charge in [-0.3, -0.25) is 0 Å². The molecule has 0 aromatic heterocycles. The Morgan fingerprint density at radius 2 is 1.84 bits per heavy atom. The minimum Gasteiger partial charge on any atom is -0.0877 e. The predicted molar refractivity (Wildman–Crippen MR) is 86.1 cm³/mol. The molecule has 0 amide bonds. The van der Waals surface area contributed by atoms with E-state index in [1.165, 1.54) is 21.6 Å². The van der Waals surface area contributed by atoms with Crippen molar-refractivity contribution in [2.45, 2.75) is 27.7 Å². The van der Waals surface area contributed by atoms with E-state index >= 15 is 0 Å². The van der Waals surface area contributed by atoms with Crippen molar-refractivity contribution in [3.8, 4) is 0 Å². The molecule has 1 aliphatic carbocycles. The van der Waals surface area contributed by atoms with Crippen molar-refractivity contribution in [1.82, 2.24) is 0 Å². The Labute approximate surface area is 116 Å². The Bertz CT molecular complexity index is 665. The highest BCUT2D eigenvalue weighted by Crippen LogP contribution is 2.19. The maximum Gasteiger partial charge on any atom is 0.00167 e. The number of rotatable bonds is 2. The second-order valence-electron chi connectivity index (χ2n) is 5.71. The molecular weight excluding hydrogens is 228 g/mol. The minimum atomic E-state index is 0.112. The Balaban J connectivity index is 2.60. The highest BCUT2D eigenvalue weighted by atomic mass is 14.1. The summed E-state index contributed by atoms with van der Waals surface area (Å²) in [5, 5.41) is 2.63. The first-order valence-electron chi connectivity index (χ1n) is 6.84. The van der Waals surface area contributed by atoms with Gasteiger partial charge in [-0.1, -0.05) is 68.5 Å². The van der Waals surface area contributed by atoms with Gasteiger partial charge >= 0.3 is 0 Å². The van der Waals surface area contributed by atoms with Crippen LogP contribution in [0.5, 0.6) is 0 Å². The van der Waals surface area contributed by atoms with E-state index in [2.05, 4.69) is 75.4 Å². The van der Waals surface area contributed by atoms with Crippen LogP contribution < -0.4 is 10.4 Å². The summed E-state index contributed by atoms with van der Waals surface area (Å²) < 4.78 is 0. The van der Waals surface area contributed by atoms with E-state index in [1.54, 1.807) is 0 Å². The lowest BCUT2D eigenvalue weighted by atomic mass is 9.92. The largest absolute Gasteiger partial charge is 0.0877 e. The molecule has 0 nitrogen and oxygen atoms in total. The molecule has 0 N–H and O–H groups in total. The van der Waals surface area contributed by atoms with Gasteiger partial charge < -0.3 is 0 Å². The number of hydrogen-bond donors (Lipinski definition) is 0. The summed E-state index contributed by atoms with van der Waals surface area (Å²) in [4.78, 5) is 0. The maximum absolute atomic E-state index is 2.34. The zero-order valence-electron chi connectivity index (χ0n) is 12.3. The summed E-state index contributed by atoms with van der Waals surface area (Å²) in [6, 6.07) is 4.56. The van der Waals surface area contributed by atoms with Crippen molar-refractivity contribution in [2.75, 3.05) is 0 Å². The lowest BCUT2D eigenvalue weighted by Crippen LogP contribution is -2.26. The van der Waals surface area contributed by atoms with E-state index in [1.807, 2.05) is 13.0 Å². The Hall–Kier alpha value is -1.82. The van der Waals surface area contributed by atoms with Crippen LogP contribution in [0.15, 0.2) is 42.5 Å². The number of fused-ring (bicyclic) bond motifs is 1. The molecule has 2 rings (SSSR count). The van der Waals surface area contributed by atoms with Gasteiger partial charge in [0.2, 0.25) is 0 Å². The quantitative estimate of drug-likeness (QED) is 0.701. The van der Waals surface area contributed by atoms with Crippen LogP contribution in [0, 0.1) is 12.3 Å². The summed E-state index contributed by atoms with van der Waals surface area (Å²) in [6.45, 7) is 8.68. The molecule has 0 atom stereocenters. The van der Waals surface area contributed by atoms with Crippen molar-refractivity contribution >= 4 is 18.2 Å². The van der Waals surface area contributed by atoms with Gasteiger partial charge in [0.15, 0.2) is 0 Å². The van der Waals surface area contributed by atoms with E-state index in [0.717, 1.165) is 0 Å². The van der Waals surface area contributed by atoms with Crippen LogP contribution in [0.4, 0.5) is 0 Å². The van der Waals surface area contributed by atoms with Gasteiger partial charge in [-0.05, 0) is 41.5 Å². The molecule has 98 valence electrons. The van der Waals surface area contributed by atoms with Gasteiger partial charge in [-0.15, -0.1) is 0 Å². The third-order valence-corrected chi connectivity index (χ3v) is 3.38. The van der Waals surface area contributed by atoms with Crippen LogP contribution in [0.25, 0.3) is 18.2 Å². The molecule has 0 radical (unpaired) electrons. The smallest absolute Gasteiger partial charge is 0.00167 e. The van der Waals surface area contributed by atoms with Crippen LogP contribution >= 0.6 is 0 Å². The predicted octanol–water partition coefficient (Wildman–Crippen LogP) is 3.74. The fourth-order valence-corrected chi connectivity index (χ4v) is 2.33. The number of hydrogen-bond acceptors (Lipinski definition) is 0. The standard InChI is InChI=1S/C19H22/c1-5-6-7-9-16-13-18-14-19(3,4)11-8-10-17(18)12-15(16)2/h5-14H,1-4H3. The summed E-state index contributed by atoms with van der Waals surface area (Å²) >= 11 is 0. The zero-order chi connectivity index (χ0) is 13.9. The van der Waals surface area contributed by atoms with Crippen LogP contribution in [0.2, 0.25) is 0 Å². The molecule has 0 spiro atoms. The second-order valence-corrected chi connectivity index (χ2v) is 5.71. The van der Waals surface area contributed by atoms with Gasteiger partial charge in [-0.2, -0.15) is 0 Å². The Kier molecular flexibility index (Phi) is 3.90. The fraction of sp³-hybridized carbons (Fsp3) is 0.263. The van der Waals surface area contributed by atoms with Gasteiger partial charge in [0.05, 0.1) is 0 Å². The summed E-state index contributed by atoms with van der Waals surface area (Å²) in [5.74, 6) is 0. The summed E-state index contributed by atoms with van der Waals surface area (Å²) in [7, 11) is 0. The van der Waals surface area contributed by atoms with E-state index < -0.39 is 0 Å². The van der Waals surface area contributed by atoms with Crippen molar-refractivity contribution in [3.63, 3.8) is 0 Å². The lowest BCUT2D eigenvalue weighted by molar-refractivity contribution is 0.670. The van der Waals surface area contributed by atoms with Gasteiger partial charge in [0.25, 0.3) is 0 Å². The monoisotopic (exact) mass is 250 g/mol. The molecule has 19 heavy (non-hydrogen) atoms. The fourth-order valence-electron chi connectivity index (χ4n) is 2.33. The molecule has 0 saturated heterocycles. The molecule has 1 aliphatic rings. The lowest BCUT2D eigenvalue weighted by Gasteiger charge is -2.13. The Morgan fingerprint density at radius 3 is 2.58 bits per heavy atom. The number of allylic oxidation sites excluding steroid dienone is 5. The first kappa shape index (κ1) is 13.6. The molecular formula is C19H22. The van der Waals surface area contributed by atoms with Crippen LogP contribution in [-0.2, 0) is 0 Å². The highest BCUT2D eigenvalue weighted by Gasteiger charge is 2.10. The summed E-state index contributed by atoms with van der Waals surface area (Å²) in [6.07, 6.45) is 17.3. The normalized spacial score (nSPS) is 17.1. The van der Waals surface area contributed by atoms with E-state index in [0.29, 0.717) is 0 Å².